The number of ether oxygens (including phenoxy) is 1. The molecule has 0 aliphatic rings. The molecular formula is C17H27N3O3. The number of rotatable bonds is 8. The van der Waals surface area contributed by atoms with Gasteiger partial charge in [0.15, 0.2) is 0 Å². The molecule has 6 heteroatoms. The second-order valence-corrected chi connectivity index (χ2v) is 6.02. The first-order valence-electron chi connectivity index (χ1n) is 7.73. The van der Waals surface area contributed by atoms with Gasteiger partial charge in [-0.1, -0.05) is 13.8 Å². The van der Waals surface area contributed by atoms with E-state index in [4.69, 9.17) is 4.74 Å². The number of methoxy groups -OCH3 is 1. The third-order valence-corrected chi connectivity index (χ3v) is 3.19. The van der Waals surface area contributed by atoms with E-state index in [1.807, 2.05) is 38.9 Å². The van der Waals surface area contributed by atoms with Gasteiger partial charge in [0.2, 0.25) is 5.91 Å². The standard InChI is InChI=1S/C17H27N3O3/c1-12(2)10-16(21)19-13-6-7-15(20(3)4)14(11-13)17(22)18-8-9-23-5/h6-7,11-12H,8-10H2,1-5H3,(H,18,22)(H,19,21). The number of hydrogen-bond acceptors (Lipinski definition) is 4. The quantitative estimate of drug-likeness (QED) is 0.720. The molecule has 0 spiro atoms. The maximum Gasteiger partial charge on any atom is 0.253 e. The van der Waals surface area contributed by atoms with E-state index in [-0.39, 0.29) is 17.7 Å². The number of amides is 2. The predicted molar refractivity (Wildman–Crippen MR) is 93.1 cm³/mol. The zero-order valence-electron chi connectivity index (χ0n) is 14.6. The van der Waals surface area contributed by atoms with Crippen LogP contribution in [0.2, 0.25) is 0 Å². The molecule has 2 N–H and O–H groups in total. The summed E-state index contributed by atoms with van der Waals surface area (Å²) < 4.78 is 4.94. The largest absolute Gasteiger partial charge is 0.383 e. The molecule has 0 bridgehead atoms. The van der Waals surface area contributed by atoms with Gasteiger partial charge in [-0.2, -0.15) is 0 Å². The van der Waals surface area contributed by atoms with E-state index in [0.29, 0.717) is 30.8 Å². The molecule has 1 rings (SSSR count). The molecule has 0 atom stereocenters. The Balaban J connectivity index is 2.93. The van der Waals surface area contributed by atoms with Crippen LogP contribution in [0.1, 0.15) is 30.6 Å². The summed E-state index contributed by atoms with van der Waals surface area (Å²) in [6.07, 6.45) is 0.449. The number of hydrogen-bond donors (Lipinski definition) is 2. The van der Waals surface area contributed by atoms with Crippen LogP contribution in [0.25, 0.3) is 0 Å². The lowest BCUT2D eigenvalue weighted by molar-refractivity contribution is -0.116. The molecule has 1 aromatic rings. The number of carbonyl (C=O) groups is 2. The van der Waals surface area contributed by atoms with Crippen molar-refractivity contribution in [2.45, 2.75) is 20.3 Å². The average molecular weight is 321 g/mol. The highest BCUT2D eigenvalue weighted by Gasteiger charge is 2.15. The van der Waals surface area contributed by atoms with E-state index in [1.165, 1.54) is 0 Å². The van der Waals surface area contributed by atoms with Gasteiger partial charge in [-0.15, -0.1) is 0 Å². The first kappa shape index (κ1) is 19.0. The molecule has 0 heterocycles. The third-order valence-electron chi connectivity index (χ3n) is 3.19. The van der Waals surface area contributed by atoms with Gasteiger partial charge in [0.25, 0.3) is 5.91 Å². The van der Waals surface area contributed by atoms with Crippen LogP contribution in [0.3, 0.4) is 0 Å². The highest BCUT2D eigenvalue weighted by atomic mass is 16.5. The van der Waals surface area contributed by atoms with Crippen LogP contribution in [0.5, 0.6) is 0 Å². The van der Waals surface area contributed by atoms with Gasteiger partial charge in [0.05, 0.1) is 12.2 Å². The first-order chi connectivity index (χ1) is 10.8. The molecule has 0 aliphatic heterocycles. The van der Waals surface area contributed by atoms with Gasteiger partial charge < -0.3 is 20.3 Å². The van der Waals surface area contributed by atoms with Crippen LogP contribution in [0, 0.1) is 5.92 Å². The number of anilines is 2. The van der Waals surface area contributed by atoms with Crippen molar-refractivity contribution < 1.29 is 14.3 Å². The van der Waals surface area contributed by atoms with Crippen LogP contribution >= 0.6 is 0 Å². The Morgan fingerprint density at radius 1 is 1.26 bits per heavy atom. The molecular weight excluding hydrogens is 294 g/mol. The summed E-state index contributed by atoms with van der Waals surface area (Å²) in [5.41, 5.74) is 1.94. The Kier molecular flexibility index (Phi) is 7.54. The normalized spacial score (nSPS) is 10.5. The molecule has 0 radical (unpaired) electrons. The van der Waals surface area contributed by atoms with Crippen molar-refractivity contribution in [1.82, 2.24) is 5.32 Å². The van der Waals surface area contributed by atoms with E-state index in [2.05, 4.69) is 10.6 Å². The van der Waals surface area contributed by atoms with E-state index in [9.17, 15) is 9.59 Å². The number of nitrogens with zero attached hydrogens (tertiary/aromatic N) is 1. The summed E-state index contributed by atoms with van der Waals surface area (Å²) >= 11 is 0. The number of benzene rings is 1. The van der Waals surface area contributed by atoms with Crippen molar-refractivity contribution in [3.63, 3.8) is 0 Å². The fourth-order valence-corrected chi connectivity index (χ4v) is 2.13. The van der Waals surface area contributed by atoms with Gasteiger partial charge in [-0.3, -0.25) is 9.59 Å². The summed E-state index contributed by atoms with van der Waals surface area (Å²) in [7, 11) is 5.33. The van der Waals surface area contributed by atoms with Gasteiger partial charge in [-0.25, -0.2) is 0 Å². The zero-order valence-corrected chi connectivity index (χ0v) is 14.6. The fraction of sp³-hybridized carbons (Fsp3) is 0.529. The molecule has 1 aromatic carbocycles. The molecule has 23 heavy (non-hydrogen) atoms. The SMILES string of the molecule is COCCNC(=O)c1cc(NC(=O)CC(C)C)ccc1N(C)C. The highest BCUT2D eigenvalue weighted by Crippen LogP contribution is 2.23. The molecule has 0 fully saturated rings. The molecule has 0 unspecified atom stereocenters. The van der Waals surface area contributed by atoms with Crippen molar-refractivity contribution in [2.24, 2.45) is 5.92 Å². The first-order valence-corrected chi connectivity index (χ1v) is 7.73. The van der Waals surface area contributed by atoms with E-state index in [0.717, 1.165) is 5.69 Å². The summed E-state index contributed by atoms with van der Waals surface area (Å²) in [6.45, 7) is 4.87. The van der Waals surface area contributed by atoms with Gasteiger partial charge in [0, 0.05) is 45.5 Å². The van der Waals surface area contributed by atoms with E-state index in [1.54, 1.807) is 19.2 Å². The van der Waals surface area contributed by atoms with Gasteiger partial charge >= 0.3 is 0 Å². The van der Waals surface area contributed by atoms with Crippen molar-refractivity contribution in [3.05, 3.63) is 23.8 Å². The number of nitrogens with one attached hydrogen (secondary N) is 2. The summed E-state index contributed by atoms with van der Waals surface area (Å²) in [5, 5.41) is 5.64. The Bertz CT molecular complexity index is 542. The highest BCUT2D eigenvalue weighted by molar-refractivity contribution is 6.02. The maximum absolute atomic E-state index is 12.4. The summed E-state index contributed by atoms with van der Waals surface area (Å²) in [6, 6.07) is 5.34. The lowest BCUT2D eigenvalue weighted by Gasteiger charge is -2.18. The third kappa shape index (κ3) is 6.28. The lowest BCUT2D eigenvalue weighted by Crippen LogP contribution is -2.28. The molecule has 0 saturated heterocycles. The Morgan fingerprint density at radius 2 is 1.96 bits per heavy atom. The van der Waals surface area contributed by atoms with Gasteiger partial charge in [-0.05, 0) is 24.1 Å². The van der Waals surface area contributed by atoms with Crippen molar-refractivity contribution in [3.8, 4) is 0 Å². The predicted octanol–water partition coefficient (Wildman–Crippen LogP) is 2.11. The molecule has 0 aliphatic carbocycles. The van der Waals surface area contributed by atoms with Crippen LogP contribution in [0.4, 0.5) is 11.4 Å². The summed E-state index contributed by atoms with van der Waals surface area (Å²) in [5.74, 6) is 0.0434. The van der Waals surface area contributed by atoms with Crippen molar-refractivity contribution >= 4 is 23.2 Å². The van der Waals surface area contributed by atoms with Crippen molar-refractivity contribution in [2.75, 3.05) is 44.6 Å². The Morgan fingerprint density at radius 3 is 2.52 bits per heavy atom. The average Bonchev–Trinajstić information content (AvgIpc) is 2.46. The Hall–Kier alpha value is -2.08. The minimum Gasteiger partial charge on any atom is -0.383 e. The molecule has 128 valence electrons. The fourth-order valence-electron chi connectivity index (χ4n) is 2.13. The van der Waals surface area contributed by atoms with E-state index >= 15 is 0 Å². The van der Waals surface area contributed by atoms with Gasteiger partial charge in [0.1, 0.15) is 0 Å². The van der Waals surface area contributed by atoms with Crippen LogP contribution in [0.15, 0.2) is 18.2 Å². The van der Waals surface area contributed by atoms with Crippen LogP contribution in [-0.4, -0.2) is 46.2 Å². The minimum atomic E-state index is -0.189. The molecule has 0 aromatic heterocycles. The smallest absolute Gasteiger partial charge is 0.253 e. The Labute approximate surface area is 138 Å². The molecule has 2 amide bonds. The summed E-state index contributed by atoms with van der Waals surface area (Å²) in [4.78, 5) is 26.1. The monoisotopic (exact) mass is 321 g/mol. The van der Waals surface area contributed by atoms with Crippen LogP contribution < -0.4 is 15.5 Å². The molecule has 6 nitrogen and oxygen atoms in total. The second-order valence-electron chi connectivity index (χ2n) is 6.02. The molecule has 0 saturated carbocycles. The minimum absolute atomic E-state index is 0.0525. The zero-order chi connectivity index (χ0) is 17.4. The maximum atomic E-state index is 12.4. The van der Waals surface area contributed by atoms with E-state index < -0.39 is 0 Å². The van der Waals surface area contributed by atoms with Crippen LogP contribution in [-0.2, 0) is 9.53 Å². The topological polar surface area (TPSA) is 70.7 Å². The lowest BCUT2D eigenvalue weighted by atomic mass is 10.1. The number of carbonyl (C=O) groups excluding carboxylic acids is 2. The van der Waals surface area contributed by atoms with Crippen molar-refractivity contribution in [1.29, 1.82) is 0 Å². The second kappa shape index (κ2) is 9.15.